The molecule has 0 heteroatoms. The molecule has 4 aliphatic rings. The van der Waals surface area contributed by atoms with E-state index in [2.05, 4.69) is 72.8 Å². The van der Waals surface area contributed by atoms with Crippen LogP contribution in [0.1, 0.15) is 76.3 Å². The highest BCUT2D eigenvalue weighted by Gasteiger charge is 2.69. The van der Waals surface area contributed by atoms with Gasteiger partial charge in [-0.15, -0.1) is 0 Å². The van der Waals surface area contributed by atoms with Gasteiger partial charge in [-0.05, 0) is 58.1 Å². The summed E-state index contributed by atoms with van der Waals surface area (Å²) in [6, 6.07) is 28.2. The second-order valence-electron chi connectivity index (χ2n) is 8.79. The number of benzene rings is 3. The summed E-state index contributed by atoms with van der Waals surface area (Å²) in [5.74, 6) is 2.60. The smallest absolute Gasteiger partial charge is 0.0172 e. The minimum Gasteiger partial charge on any atom is -0.0620 e. The molecule has 3 aromatic carbocycles. The van der Waals surface area contributed by atoms with E-state index < -0.39 is 0 Å². The molecule has 7 rings (SSSR count). The Morgan fingerprint density at radius 3 is 1.27 bits per heavy atom. The average Bonchev–Trinajstić information content (AvgIpc) is 3.26. The van der Waals surface area contributed by atoms with Crippen LogP contribution in [-0.4, -0.2) is 0 Å². The topological polar surface area (TPSA) is 0 Å². The monoisotopic (exact) mass is 334 g/mol. The summed E-state index contributed by atoms with van der Waals surface area (Å²) in [7, 11) is 0. The molecule has 0 amide bonds. The molecule has 0 aliphatic heterocycles. The summed E-state index contributed by atoms with van der Waals surface area (Å²) in [5, 5.41) is 0. The van der Waals surface area contributed by atoms with Gasteiger partial charge in [-0.25, -0.2) is 0 Å². The van der Waals surface area contributed by atoms with Crippen molar-refractivity contribution in [2.75, 3.05) is 0 Å². The van der Waals surface area contributed by atoms with Gasteiger partial charge in [-0.1, -0.05) is 79.2 Å². The lowest BCUT2D eigenvalue weighted by atomic mass is 9.56. The summed E-state index contributed by atoms with van der Waals surface area (Å²) in [6.45, 7) is 0. The Bertz CT molecular complexity index is 974. The maximum Gasteiger partial charge on any atom is 0.0172 e. The van der Waals surface area contributed by atoms with Gasteiger partial charge in [0.05, 0.1) is 0 Å². The molecule has 0 heterocycles. The molecule has 0 unspecified atom stereocenters. The van der Waals surface area contributed by atoms with Gasteiger partial charge in [0.25, 0.3) is 0 Å². The molecule has 4 atom stereocenters. The molecule has 4 aliphatic carbocycles. The summed E-state index contributed by atoms with van der Waals surface area (Å²) in [6.07, 6.45) is 4.10. The van der Waals surface area contributed by atoms with Crippen LogP contribution in [0.5, 0.6) is 0 Å². The Morgan fingerprint density at radius 1 is 0.500 bits per heavy atom. The van der Waals surface area contributed by atoms with Crippen molar-refractivity contribution in [1.82, 2.24) is 0 Å². The third-order valence-corrected chi connectivity index (χ3v) is 8.18. The van der Waals surface area contributed by atoms with Crippen LogP contribution in [0.3, 0.4) is 0 Å². The van der Waals surface area contributed by atoms with Gasteiger partial charge in [0.15, 0.2) is 0 Å². The molecular formula is C26H22. The highest BCUT2D eigenvalue weighted by Crippen LogP contribution is 2.80. The van der Waals surface area contributed by atoms with Crippen LogP contribution in [0.15, 0.2) is 72.8 Å². The fraction of sp³-hybridized carbons (Fsp3) is 0.308. The first-order chi connectivity index (χ1) is 12.9. The van der Waals surface area contributed by atoms with Crippen LogP contribution in [0, 0.1) is 5.41 Å². The van der Waals surface area contributed by atoms with Crippen molar-refractivity contribution in [3.05, 3.63) is 106 Å². The molecule has 0 saturated heterocycles. The summed E-state index contributed by atoms with van der Waals surface area (Å²) >= 11 is 0. The van der Waals surface area contributed by atoms with Crippen molar-refractivity contribution in [1.29, 1.82) is 0 Å². The van der Waals surface area contributed by atoms with Gasteiger partial charge in [-0.2, -0.15) is 0 Å². The molecule has 126 valence electrons. The van der Waals surface area contributed by atoms with Crippen molar-refractivity contribution in [3.63, 3.8) is 0 Å². The van der Waals surface area contributed by atoms with E-state index in [0.29, 0.717) is 29.1 Å². The van der Waals surface area contributed by atoms with Crippen molar-refractivity contribution in [2.45, 2.75) is 42.9 Å². The Morgan fingerprint density at radius 2 is 0.846 bits per heavy atom. The van der Waals surface area contributed by atoms with Gasteiger partial charge in [-0.3, -0.25) is 0 Å². The van der Waals surface area contributed by atoms with Gasteiger partial charge >= 0.3 is 0 Å². The molecule has 1 fully saturated rings. The lowest BCUT2D eigenvalue weighted by Gasteiger charge is -2.46. The zero-order valence-corrected chi connectivity index (χ0v) is 14.9. The maximum absolute atomic E-state index is 2.44. The van der Waals surface area contributed by atoms with E-state index in [0.717, 1.165) is 0 Å². The van der Waals surface area contributed by atoms with Crippen molar-refractivity contribution >= 4 is 0 Å². The average molecular weight is 334 g/mol. The first-order valence-corrected chi connectivity index (χ1v) is 10.2. The van der Waals surface area contributed by atoms with E-state index in [-0.39, 0.29) is 0 Å². The number of fused-ring (bicyclic) bond motifs is 9. The van der Waals surface area contributed by atoms with Crippen molar-refractivity contribution in [3.8, 4) is 0 Å². The lowest BCUT2D eigenvalue weighted by Crippen LogP contribution is -2.37. The fourth-order valence-corrected chi connectivity index (χ4v) is 7.72. The van der Waals surface area contributed by atoms with Gasteiger partial charge in [0.2, 0.25) is 0 Å². The molecule has 0 nitrogen and oxygen atoms in total. The van der Waals surface area contributed by atoms with Crippen LogP contribution in [0.25, 0.3) is 0 Å². The zero-order chi connectivity index (χ0) is 16.9. The van der Waals surface area contributed by atoms with E-state index in [1.165, 1.54) is 19.3 Å². The third kappa shape index (κ3) is 1.29. The van der Waals surface area contributed by atoms with Gasteiger partial charge in [0.1, 0.15) is 0 Å². The second-order valence-corrected chi connectivity index (χ2v) is 8.79. The molecule has 0 N–H and O–H groups in total. The lowest BCUT2D eigenvalue weighted by molar-refractivity contribution is 0.125. The first kappa shape index (κ1) is 13.8. The van der Waals surface area contributed by atoms with Crippen LogP contribution in [0.2, 0.25) is 0 Å². The van der Waals surface area contributed by atoms with Gasteiger partial charge in [0, 0.05) is 17.3 Å². The minimum atomic E-state index is 0.356. The minimum absolute atomic E-state index is 0.356. The standard InChI is InChI=1S/C26H22/c1-3-10-18-16(8-1)22-14-7-15-23-17-9-2-4-11-19(17)25-21-13-6-5-12-20(21)24(18)26(22,23)25/h1-6,8-13,22-25H,7,14-15H2/t22-,23-,24+,25+,26?/m0/s1. The quantitative estimate of drug-likeness (QED) is 0.451. The normalized spacial score (nSPS) is 34.6. The summed E-state index contributed by atoms with van der Waals surface area (Å²) < 4.78 is 0. The van der Waals surface area contributed by atoms with Crippen molar-refractivity contribution in [2.24, 2.45) is 5.41 Å². The number of hydrogen-bond donors (Lipinski definition) is 0. The summed E-state index contributed by atoms with van der Waals surface area (Å²) in [4.78, 5) is 0. The molecule has 0 aromatic heterocycles. The Labute approximate surface area is 154 Å². The van der Waals surface area contributed by atoms with E-state index in [4.69, 9.17) is 0 Å². The Kier molecular flexibility index (Phi) is 2.38. The largest absolute Gasteiger partial charge is 0.0620 e. The molecule has 26 heavy (non-hydrogen) atoms. The SMILES string of the molecule is c1ccc2c(c1)[C@H]1c3ccccc3[C@@H]3CCC[C@H]4c5ccccc5[C@H]2C134. The molecule has 0 radical (unpaired) electrons. The van der Waals surface area contributed by atoms with Gasteiger partial charge < -0.3 is 0 Å². The number of rotatable bonds is 0. The molecule has 0 bridgehead atoms. The van der Waals surface area contributed by atoms with Crippen LogP contribution < -0.4 is 0 Å². The molecule has 3 aromatic rings. The Balaban J connectivity index is 1.64. The van der Waals surface area contributed by atoms with Crippen LogP contribution >= 0.6 is 0 Å². The molecule has 1 saturated carbocycles. The van der Waals surface area contributed by atoms with E-state index in [1.807, 2.05) is 0 Å². The van der Waals surface area contributed by atoms with E-state index in [9.17, 15) is 0 Å². The van der Waals surface area contributed by atoms with Crippen molar-refractivity contribution < 1.29 is 0 Å². The van der Waals surface area contributed by atoms with E-state index >= 15 is 0 Å². The third-order valence-electron chi connectivity index (χ3n) is 8.18. The predicted octanol–water partition coefficient (Wildman–Crippen LogP) is 6.33. The zero-order valence-electron chi connectivity index (χ0n) is 14.9. The highest BCUT2D eigenvalue weighted by molar-refractivity contribution is 5.66. The summed E-state index contributed by atoms with van der Waals surface area (Å²) in [5.41, 5.74) is 10.2. The van der Waals surface area contributed by atoms with Crippen LogP contribution in [-0.2, 0) is 0 Å². The van der Waals surface area contributed by atoms with Crippen LogP contribution in [0.4, 0.5) is 0 Å². The predicted molar refractivity (Wildman–Crippen MR) is 105 cm³/mol. The Hall–Kier alpha value is -2.34. The van der Waals surface area contributed by atoms with E-state index in [1.54, 1.807) is 33.4 Å². The maximum atomic E-state index is 2.44. The highest BCUT2D eigenvalue weighted by atomic mass is 14.7. The second kappa shape index (κ2) is 4.49. The molecule has 1 spiro atoms. The first-order valence-electron chi connectivity index (χ1n) is 10.2. The fourth-order valence-electron chi connectivity index (χ4n) is 7.72. The molecular weight excluding hydrogens is 312 g/mol. The number of hydrogen-bond acceptors (Lipinski definition) is 0.